The number of rotatable bonds is 5. The van der Waals surface area contributed by atoms with Crippen LogP contribution in [0.1, 0.15) is 24.2 Å². The average Bonchev–Trinajstić information content (AvgIpc) is 2.90. The minimum Gasteiger partial charge on any atom is -0.493 e. The Labute approximate surface area is 120 Å². The molecule has 2 rings (SSSR count). The predicted molar refractivity (Wildman–Crippen MR) is 71.7 cm³/mol. The fourth-order valence-corrected chi connectivity index (χ4v) is 2.28. The Morgan fingerprint density at radius 2 is 2.00 bits per heavy atom. The van der Waals surface area contributed by atoms with Gasteiger partial charge in [-0.2, -0.15) is 5.10 Å². The lowest BCUT2D eigenvalue weighted by molar-refractivity contribution is 0.396. The molecule has 2 aromatic rings. The Kier molecular flexibility index (Phi) is 4.52. The number of hydrogen-bond acceptors (Lipinski definition) is 3. The number of aryl methyl sites for hydroxylation is 1. The number of methoxy groups -OCH3 is 1. The number of nitrogens with one attached hydrogen (secondary N) is 1. The summed E-state index contributed by atoms with van der Waals surface area (Å²) in [4.78, 5) is 0. The van der Waals surface area contributed by atoms with Gasteiger partial charge in [0.25, 0.3) is 0 Å². The first-order chi connectivity index (χ1) is 10.0. The van der Waals surface area contributed by atoms with Gasteiger partial charge >= 0.3 is 0 Å². The van der Waals surface area contributed by atoms with Gasteiger partial charge in [-0.15, -0.1) is 0 Å². The fourth-order valence-electron chi connectivity index (χ4n) is 2.28. The van der Waals surface area contributed by atoms with Crippen molar-refractivity contribution in [3.8, 4) is 5.75 Å². The first kappa shape index (κ1) is 15.4. The second-order valence-electron chi connectivity index (χ2n) is 4.40. The molecule has 0 saturated carbocycles. The van der Waals surface area contributed by atoms with Crippen LogP contribution in [-0.2, 0) is 6.54 Å². The van der Waals surface area contributed by atoms with Crippen molar-refractivity contribution in [3.05, 3.63) is 47.0 Å². The van der Waals surface area contributed by atoms with Crippen LogP contribution >= 0.6 is 0 Å². The Bertz CT molecular complexity index is 621. The third kappa shape index (κ3) is 2.61. The van der Waals surface area contributed by atoms with E-state index in [2.05, 4.69) is 10.4 Å². The van der Waals surface area contributed by atoms with Gasteiger partial charge in [0.2, 0.25) is 0 Å². The highest BCUT2D eigenvalue weighted by atomic mass is 19.2. The zero-order valence-electron chi connectivity index (χ0n) is 12.0. The largest absolute Gasteiger partial charge is 0.493 e. The van der Waals surface area contributed by atoms with Crippen molar-refractivity contribution >= 4 is 0 Å². The number of benzene rings is 1. The van der Waals surface area contributed by atoms with Crippen LogP contribution in [-0.4, -0.2) is 23.9 Å². The van der Waals surface area contributed by atoms with Crippen LogP contribution in [0.25, 0.3) is 0 Å². The number of hydrogen-bond donors (Lipinski definition) is 1. The molecule has 1 atom stereocenters. The zero-order valence-corrected chi connectivity index (χ0v) is 12.0. The number of halogens is 3. The molecule has 0 aliphatic carbocycles. The Morgan fingerprint density at radius 3 is 2.57 bits per heavy atom. The van der Waals surface area contributed by atoms with Crippen molar-refractivity contribution in [1.82, 2.24) is 15.1 Å². The molecule has 1 unspecified atom stereocenters. The van der Waals surface area contributed by atoms with Gasteiger partial charge in [0.05, 0.1) is 19.3 Å². The molecule has 0 bridgehead atoms. The van der Waals surface area contributed by atoms with E-state index in [4.69, 9.17) is 4.74 Å². The summed E-state index contributed by atoms with van der Waals surface area (Å²) in [6.07, 6.45) is 1.50. The topological polar surface area (TPSA) is 39.1 Å². The van der Waals surface area contributed by atoms with Gasteiger partial charge < -0.3 is 10.1 Å². The maximum Gasteiger partial charge on any atom is 0.194 e. The van der Waals surface area contributed by atoms with Crippen molar-refractivity contribution in [3.63, 3.8) is 0 Å². The molecule has 114 valence electrons. The molecule has 0 radical (unpaired) electrons. The van der Waals surface area contributed by atoms with E-state index >= 15 is 0 Å². The maximum absolute atomic E-state index is 14.0. The summed E-state index contributed by atoms with van der Waals surface area (Å²) >= 11 is 0. The van der Waals surface area contributed by atoms with E-state index in [1.165, 1.54) is 19.4 Å². The minimum absolute atomic E-state index is 0.00935. The quantitative estimate of drug-likeness (QED) is 0.863. The van der Waals surface area contributed by atoms with Crippen molar-refractivity contribution in [2.45, 2.75) is 19.5 Å². The van der Waals surface area contributed by atoms with E-state index in [-0.39, 0.29) is 5.56 Å². The predicted octanol–water partition coefficient (Wildman–Crippen LogP) is 2.64. The molecule has 1 N–H and O–H groups in total. The van der Waals surface area contributed by atoms with Crippen LogP contribution in [0.4, 0.5) is 13.2 Å². The molecule has 1 aromatic heterocycles. The van der Waals surface area contributed by atoms with Gasteiger partial charge in [-0.3, -0.25) is 4.68 Å². The molecule has 4 nitrogen and oxygen atoms in total. The van der Waals surface area contributed by atoms with Gasteiger partial charge in [0.1, 0.15) is 5.69 Å². The summed E-state index contributed by atoms with van der Waals surface area (Å²) in [6.45, 7) is 2.40. The summed E-state index contributed by atoms with van der Waals surface area (Å²) in [5.41, 5.74) is 0.539. The lowest BCUT2D eigenvalue weighted by Crippen LogP contribution is -2.23. The molecular weight excluding hydrogens is 283 g/mol. The van der Waals surface area contributed by atoms with Crippen molar-refractivity contribution in [2.75, 3.05) is 14.2 Å². The monoisotopic (exact) mass is 299 g/mol. The van der Waals surface area contributed by atoms with Crippen LogP contribution < -0.4 is 10.1 Å². The highest BCUT2D eigenvalue weighted by Crippen LogP contribution is 2.32. The lowest BCUT2D eigenvalue weighted by atomic mass is 10.0. The highest BCUT2D eigenvalue weighted by Gasteiger charge is 2.26. The third-order valence-electron chi connectivity index (χ3n) is 3.30. The normalized spacial score (nSPS) is 12.5. The summed E-state index contributed by atoms with van der Waals surface area (Å²) in [5.74, 6) is -3.49. The highest BCUT2D eigenvalue weighted by molar-refractivity contribution is 5.37. The molecule has 7 heteroatoms. The number of aromatic nitrogens is 2. The molecule has 1 heterocycles. The summed E-state index contributed by atoms with van der Waals surface area (Å²) < 4.78 is 47.4. The SMILES string of the molecule is CCn1ncc(OC)c1C(NC)c1ccc(F)c(F)c1F. The zero-order chi connectivity index (χ0) is 15.6. The first-order valence-electron chi connectivity index (χ1n) is 6.45. The second-order valence-corrected chi connectivity index (χ2v) is 4.40. The molecular formula is C14H16F3N3O. The van der Waals surface area contributed by atoms with Gasteiger partial charge in [-0.05, 0) is 20.0 Å². The van der Waals surface area contributed by atoms with Crippen LogP contribution in [0.15, 0.2) is 18.3 Å². The van der Waals surface area contributed by atoms with Gasteiger partial charge in [-0.1, -0.05) is 6.07 Å². The second kappa shape index (κ2) is 6.17. The lowest BCUT2D eigenvalue weighted by Gasteiger charge is -2.20. The third-order valence-corrected chi connectivity index (χ3v) is 3.30. The minimum atomic E-state index is -1.49. The van der Waals surface area contributed by atoms with Gasteiger partial charge in [-0.25, -0.2) is 13.2 Å². The molecule has 0 spiro atoms. The van der Waals surface area contributed by atoms with E-state index in [0.717, 1.165) is 6.07 Å². The molecule has 0 aliphatic rings. The smallest absolute Gasteiger partial charge is 0.194 e. The Balaban J connectivity index is 2.60. The fraction of sp³-hybridized carbons (Fsp3) is 0.357. The molecule has 0 saturated heterocycles. The van der Waals surface area contributed by atoms with Crippen LogP contribution in [0.3, 0.4) is 0 Å². The molecule has 21 heavy (non-hydrogen) atoms. The van der Waals surface area contributed by atoms with Crippen molar-refractivity contribution < 1.29 is 17.9 Å². The number of ether oxygens (including phenoxy) is 1. The Morgan fingerprint density at radius 1 is 1.29 bits per heavy atom. The van der Waals surface area contributed by atoms with E-state index in [1.54, 1.807) is 11.7 Å². The number of nitrogens with zero attached hydrogens (tertiary/aromatic N) is 2. The van der Waals surface area contributed by atoms with Gasteiger partial charge in [0, 0.05) is 12.1 Å². The van der Waals surface area contributed by atoms with Crippen LogP contribution in [0.2, 0.25) is 0 Å². The molecule has 0 aliphatic heterocycles. The van der Waals surface area contributed by atoms with Crippen molar-refractivity contribution in [1.29, 1.82) is 0 Å². The van der Waals surface area contributed by atoms with Gasteiger partial charge in [0.15, 0.2) is 23.2 Å². The first-order valence-corrected chi connectivity index (χ1v) is 6.45. The average molecular weight is 299 g/mol. The van der Waals surface area contributed by atoms with E-state index in [9.17, 15) is 13.2 Å². The maximum atomic E-state index is 14.0. The van der Waals surface area contributed by atoms with Crippen LogP contribution in [0.5, 0.6) is 5.75 Å². The molecule has 0 amide bonds. The standard InChI is InChI=1S/C14H16F3N3O/c1-4-20-14(10(21-3)7-19-20)13(18-2)8-5-6-9(15)12(17)11(8)16/h5-7,13,18H,4H2,1-3H3. The van der Waals surface area contributed by atoms with E-state index < -0.39 is 23.5 Å². The van der Waals surface area contributed by atoms with E-state index in [0.29, 0.717) is 18.0 Å². The van der Waals surface area contributed by atoms with Crippen molar-refractivity contribution in [2.24, 2.45) is 0 Å². The summed E-state index contributed by atoms with van der Waals surface area (Å²) in [5, 5.41) is 7.02. The molecule has 1 aromatic carbocycles. The summed E-state index contributed by atoms with van der Waals surface area (Å²) in [7, 11) is 3.06. The molecule has 0 fully saturated rings. The Hall–Kier alpha value is -2.02. The summed E-state index contributed by atoms with van der Waals surface area (Å²) in [6, 6.07) is 1.40. The van der Waals surface area contributed by atoms with Crippen LogP contribution in [0, 0.1) is 17.5 Å². The van der Waals surface area contributed by atoms with E-state index in [1.807, 2.05) is 6.92 Å².